The van der Waals surface area contributed by atoms with E-state index in [1.165, 1.54) is 5.56 Å². The van der Waals surface area contributed by atoms with Gasteiger partial charge in [0.15, 0.2) is 0 Å². The molecule has 0 spiro atoms. The van der Waals surface area contributed by atoms with E-state index in [1.807, 2.05) is 32.0 Å². The van der Waals surface area contributed by atoms with E-state index < -0.39 is 0 Å². The minimum Gasteiger partial charge on any atom is -0.350 e. The predicted octanol–water partition coefficient (Wildman–Crippen LogP) is 4.83. The molecule has 0 aliphatic heterocycles. The maximum absolute atomic E-state index is 12.8. The van der Waals surface area contributed by atoms with Gasteiger partial charge in [-0.25, -0.2) is 9.97 Å². The monoisotopic (exact) mass is 374 g/mol. The molecule has 5 nitrogen and oxygen atoms in total. The number of nitrogens with one attached hydrogen (secondary N) is 2. The molecule has 3 aromatic rings. The third-order valence-corrected chi connectivity index (χ3v) is 4.64. The molecular formula is C23H26N4O. The van der Waals surface area contributed by atoms with Gasteiger partial charge < -0.3 is 10.6 Å². The van der Waals surface area contributed by atoms with E-state index in [9.17, 15) is 4.79 Å². The summed E-state index contributed by atoms with van der Waals surface area (Å²) in [6, 6.07) is 16.0. The lowest BCUT2D eigenvalue weighted by Gasteiger charge is -2.13. The average molecular weight is 374 g/mol. The number of hydrogen-bond donors (Lipinski definition) is 2. The molecular weight excluding hydrogens is 348 g/mol. The number of carbonyl (C=O) groups excluding carboxylic acids is 1. The molecule has 3 rings (SSSR count). The number of anilines is 2. The third kappa shape index (κ3) is 4.74. The molecule has 0 bridgehead atoms. The molecule has 0 aliphatic rings. The highest BCUT2D eigenvalue weighted by atomic mass is 16.1. The van der Waals surface area contributed by atoms with Crippen LogP contribution in [0.3, 0.4) is 0 Å². The van der Waals surface area contributed by atoms with Gasteiger partial charge in [0.05, 0.1) is 0 Å². The maximum atomic E-state index is 12.8. The second kappa shape index (κ2) is 8.65. The van der Waals surface area contributed by atoms with E-state index >= 15 is 0 Å². The average Bonchev–Trinajstić information content (AvgIpc) is 2.68. The lowest BCUT2D eigenvalue weighted by molar-refractivity contribution is 0.102. The zero-order chi connectivity index (χ0) is 20.1. The SMILES string of the molecule is CCc1cccc(C)c1NC(=O)c1cc(C)nc(NCc2ccc(C)cc2)n1. The summed E-state index contributed by atoms with van der Waals surface area (Å²) in [6.45, 7) is 8.59. The Hall–Kier alpha value is -3.21. The first-order valence-corrected chi connectivity index (χ1v) is 9.51. The van der Waals surface area contributed by atoms with Gasteiger partial charge in [-0.3, -0.25) is 4.79 Å². The molecule has 1 amide bonds. The molecule has 5 heteroatoms. The second-order valence-corrected chi connectivity index (χ2v) is 6.97. The highest BCUT2D eigenvalue weighted by Crippen LogP contribution is 2.22. The summed E-state index contributed by atoms with van der Waals surface area (Å²) in [7, 11) is 0. The smallest absolute Gasteiger partial charge is 0.274 e. The van der Waals surface area contributed by atoms with Gasteiger partial charge in [-0.2, -0.15) is 0 Å². The van der Waals surface area contributed by atoms with Crippen molar-refractivity contribution in [3.8, 4) is 0 Å². The molecule has 0 fully saturated rings. The highest BCUT2D eigenvalue weighted by molar-refractivity contribution is 6.04. The summed E-state index contributed by atoms with van der Waals surface area (Å²) >= 11 is 0. The lowest BCUT2D eigenvalue weighted by Crippen LogP contribution is -2.17. The number of benzene rings is 2. The lowest BCUT2D eigenvalue weighted by atomic mass is 10.1. The second-order valence-electron chi connectivity index (χ2n) is 6.97. The molecule has 0 saturated heterocycles. The van der Waals surface area contributed by atoms with Crippen molar-refractivity contribution in [3.63, 3.8) is 0 Å². The summed E-state index contributed by atoms with van der Waals surface area (Å²) in [5, 5.41) is 6.24. The van der Waals surface area contributed by atoms with Crippen LogP contribution in [0.4, 0.5) is 11.6 Å². The molecule has 0 unspecified atom stereocenters. The van der Waals surface area contributed by atoms with Gasteiger partial charge in [0, 0.05) is 17.9 Å². The molecule has 28 heavy (non-hydrogen) atoms. The first-order valence-electron chi connectivity index (χ1n) is 9.51. The van der Waals surface area contributed by atoms with Crippen LogP contribution in [0.2, 0.25) is 0 Å². The van der Waals surface area contributed by atoms with Crippen LogP contribution in [0.25, 0.3) is 0 Å². The number of nitrogens with zero attached hydrogens (tertiary/aromatic N) is 2. The minimum absolute atomic E-state index is 0.229. The molecule has 0 aliphatic carbocycles. The van der Waals surface area contributed by atoms with E-state index in [1.54, 1.807) is 6.07 Å². The maximum Gasteiger partial charge on any atom is 0.274 e. The summed E-state index contributed by atoms with van der Waals surface area (Å²) in [6.07, 6.45) is 0.851. The van der Waals surface area contributed by atoms with Crippen LogP contribution < -0.4 is 10.6 Å². The fourth-order valence-corrected chi connectivity index (χ4v) is 3.03. The van der Waals surface area contributed by atoms with Gasteiger partial charge in [0.1, 0.15) is 5.69 Å². The Morgan fingerprint density at radius 2 is 1.75 bits per heavy atom. The normalized spacial score (nSPS) is 10.6. The van der Waals surface area contributed by atoms with Crippen molar-refractivity contribution >= 4 is 17.5 Å². The number of amides is 1. The van der Waals surface area contributed by atoms with Gasteiger partial charge in [0.2, 0.25) is 5.95 Å². The van der Waals surface area contributed by atoms with Crippen molar-refractivity contribution in [1.29, 1.82) is 0 Å². The number of rotatable bonds is 6. The largest absolute Gasteiger partial charge is 0.350 e. The van der Waals surface area contributed by atoms with E-state index in [-0.39, 0.29) is 5.91 Å². The zero-order valence-corrected chi connectivity index (χ0v) is 16.8. The number of para-hydroxylation sites is 1. The van der Waals surface area contributed by atoms with Crippen LogP contribution in [0.1, 0.15) is 45.4 Å². The Bertz CT molecular complexity index is 980. The Morgan fingerprint density at radius 3 is 2.46 bits per heavy atom. The van der Waals surface area contributed by atoms with Gasteiger partial charge >= 0.3 is 0 Å². The van der Waals surface area contributed by atoms with Crippen LogP contribution in [0, 0.1) is 20.8 Å². The van der Waals surface area contributed by atoms with Gasteiger partial charge in [-0.05, 0) is 49.9 Å². The molecule has 1 aromatic heterocycles. The number of aryl methyl sites for hydroxylation is 4. The summed E-state index contributed by atoms with van der Waals surface area (Å²) in [5.74, 6) is 0.221. The van der Waals surface area contributed by atoms with Gasteiger partial charge in [0.25, 0.3) is 5.91 Å². The molecule has 1 heterocycles. The van der Waals surface area contributed by atoms with Crippen LogP contribution in [-0.2, 0) is 13.0 Å². The highest BCUT2D eigenvalue weighted by Gasteiger charge is 2.14. The first kappa shape index (κ1) is 19.5. The topological polar surface area (TPSA) is 66.9 Å². The summed E-state index contributed by atoms with van der Waals surface area (Å²) in [5.41, 5.74) is 6.45. The van der Waals surface area contributed by atoms with Crippen molar-refractivity contribution < 1.29 is 4.79 Å². The molecule has 0 radical (unpaired) electrons. The van der Waals surface area contributed by atoms with Crippen molar-refractivity contribution in [1.82, 2.24) is 9.97 Å². The Morgan fingerprint density at radius 1 is 1.00 bits per heavy atom. The van der Waals surface area contributed by atoms with Gasteiger partial charge in [-0.15, -0.1) is 0 Å². The Labute approximate surface area is 166 Å². The first-order chi connectivity index (χ1) is 13.5. The molecule has 144 valence electrons. The van der Waals surface area contributed by atoms with Crippen LogP contribution in [0.5, 0.6) is 0 Å². The van der Waals surface area contributed by atoms with Crippen molar-refractivity contribution in [2.24, 2.45) is 0 Å². The molecule has 2 N–H and O–H groups in total. The van der Waals surface area contributed by atoms with E-state index in [2.05, 4.69) is 58.7 Å². The van der Waals surface area contributed by atoms with E-state index in [0.29, 0.717) is 18.2 Å². The zero-order valence-electron chi connectivity index (χ0n) is 16.8. The summed E-state index contributed by atoms with van der Waals surface area (Å²) in [4.78, 5) is 21.6. The van der Waals surface area contributed by atoms with E-state index in [0.717, 1.165) is 34.5 Å². The van der Waals surface area contributed by atoms with Crippen LogP contribution in [0.15, 0.2) is 48.5 Å². The Kier molecular flexibility index (Phi) is 6.04. The predicted molar refractivity (Wildman–Crippen MR) is 114 cm³/mol. The minimum atomic E-state index is -0.229. The standard InChI is InChI=1S/C23H26N4O/c1-5-19-8-6-7-16(3)21(19)27-22(28)20-13-17(4)25-23(26-20)24-14-18-11-9-15(2)10-12-18/h6-13H,5,14H2,1-4H3,(H,27,28)(H,24,25,26). The van der Waals surface area contributed by atoms with Crippen molar-refractivity contribution in [3.05, 3.63) is 82.2 Å². The van der Waals surface area contributed by atoms with Crippen molar-refractivity contribution in [2.75, 3.05) is 10.6 Å². The number of aromatic nitrogens is 2. The number of carbonyl (C=O) groups is 1. The van der Waals surface area contributed by atoms with Crippen molar-refractivity contribution in [2.45, 2.75) is 40.7 Å². The fraction of sp³-hybridized carbons (Fsp3) is 0.261. The van der Waals surface area contributed by atoms with Crippen LogP contribution >= 0.6 is 0 Å². The summed E-state index contributed by atoms with van der Waals surface area (Å²) < 4.78 is 0. The Balaban J connectivity index is 1.77. The fourth-order valence-electron chi connectivity index (χ4n) is 3.03. The number of hydrogen-bond acceptors (Lipinski definition) is 4. The van der Waals surface area contributed by atoms with E-state index in [4.69, 9.17) is 0 Å². The third-order valence-electron chi connectivity index (χ3n) is 4.64. The molecule has 0 saturated carbocycles. The molecule has 2 aromatic carbocycles. The van der Waals surface area contributed by atoms with Gasteiger partial charge in [-0.1, -0.05) is 55.0 Å². The van der Waals surface area contributed by atoms with Crippen LogP contribution in [-0.4, -0.2) is 15.9 Å². The quantitative estimate of drug-likeness (QED) is 0.649. The molecule has 0 atom stereocenters.